The first kappa shape index (κ1) is 28.7. The summed E-state index contributed by atoms with van der Waals surface area (Å²) in [6, 6.07) is 66.2. The number of aromatic nitrogens is 2. The molecule has 230 valence electrons. The molecular formula is C44H31BN4. The van der Waals surface area contributed by atoms with Crippen molar-refractivity contribution >= 4 is 46.0 Å². The Hall–Kier alpha value is -6.46. The summed E-state index contributed by atoms with van der Waals surface area (Å²) in [6.45, 7) is -0.0939. The summed E-state index contributed by atoms with van der Waals surface area (Å²) in [5, 5.41) is 2.43. The lowest BCUT2D eigenvalue weighted by atomic mass is 9.64. The summed E-state index contributed by atoms with van der Waals surface area (Å²) in [7, 11) is 0. The molecule has 1 aliphatic rings. The Kier molecular flexibility index (Phi) is 7.21. The zero-order valence-corrected chi connectivity index (χ0v) is 26.8. The predicted octanol–water partition coefficient (Wildman–Crippen LogP) is 10.3. The van der Waals surface area contributed by atoms with Crippen LogP contribution in [0.2, 0.25) is 0 Å². The second-order valence-electron chi connectivity index (χ2n) is 12.3. The zero-order valence-electron chi connectivity index (χ0n) is 26.8. The number of para-hydroxylation sites is 1. The van der Waals surface area contributed by atoms with Gasteiger partial charge in [-0.05, 0) is 70.8 Å². The van der Waals surface area contributed by atoms with E-state index in [0.717, 1.165) is 45.1 Å². The minimum Gasteiger partial charge on any atom is -0.360 e. The summed E-state index contributed by atoms with van der Waals surface area (Å²) in [4.78, 5) is 15.1. The molecule has 49 heavy (non-hydrogen) atoms. The van der Waals surface area contributed by atoms with Crippen LogP contribution in [0, 0.1) is 0 Å². The third-order valence-corrected chi connectivity index (χ3v) is 9.25. The molecule has 0 radical (unpaired) electrons. The molecule has 0 saturated heterocycles. The molecule has 0 unspecified atom stereocenters. The van der Waals surface area contributed by atoms with E-state index < -0.39 is 0 Å². The number of anilines is 4. The van der Waals surface area contributed by atoms with Crippen molar-refractivity contribution in [1.82, 2.24) is 9.97 Å². The van der Waals surface area contributed by atoms with E-state index >= 15 is 0 Å². The van der Waals surface area contributed by atoms with Crippen molar-refractivity contribution in [1.29, 1.82) is 0 Å². The van der Waals surface area contributed by atoms with Crippen LogP contribution in [-0.2, 0) is 0 Å². The molecule has 2 heterocycles. The zero-order chi connectivity index (χ0) is 32.6. The lowest BCUT2D eigenvalue weighted by Crippen LogP contribution is -2.53. The largest absolute Gasteiger partial charge is 0.420 e. The minimum atomic E-state index is -0.0939. The molecule has 0 amide bonds. The number of hydrogen-bond donors (Lipinski definition) is 0. The molecule has 0 saturated carbocycles. The van der Waals surface area contributed by atoms with Crippen molar-refractivity contribution < 1.29 is 0 Å². The number of hydrogen-bond acceptors (Lipinski definition) is 4. The van der Waals surface area contributed by atoms with Gasteiger partial charge in [0.1, 0.15) is 0 Å². The van der Waals surface area contributed by atoms with Gasteiger partial charge in [-0.25, -0.2) is 9.97 Å². The monoisotopic (exact) mass is 626 g/mol. The van der Waals surface area contributed by atoms with Crippen molar-refractivity contribution in [2.45, 2.75) is 0 Å². The maximum absolute atomic E-state index is 5.08. The van der Waals surface area contributed by atoms with Crippen LogP contribution in [0.4, 0.5) is 22.7 Å². The molecule has 8 aromatic rings. The highest BCUT2D eigenvalue weighted by atomic mass is 15.3. The lowest BCUT2D eigenvalue weighted by molar-refractivity contribution is 1.18. The molecule has 1 aromatic heterocycles. The van der Waals surface area contributed by atoms with Crippen molar-refractivity contribution in [2.24, 2.45) is 0 Å². The van der Waals surface area contributed by atoms with Gasteiger partial charge in [0.15, 0.2) is 5.82 Å². The fourth-order valence-electron chi connectivity index (χ4n) is 6.91. The molecule has 0 N–H and O–H groups in total. The molecule has 4 nitrogen and oxygen atoms in total. The van der Waals surface area contributed by atoms with Crippen LogP contribution in [0.5, 0.6) is 0 Å². The summed E-state index contributed by atoms with van der Waals surface area (Å²) < 4.78 is 0. The van der Waals surface area contributed by atoms with E-state index in [9.17, 15) is 0 Å². The van der Waals surface area contributed by atoms with Crippen LogP contribution in [0.15, 0.2) is 188 Å². The standard InChI is InChI=1S/C44H31BN4/c1-5-15-32(16-6-1)40-31-41(33-17-7-2-8-18-33)47-44(46-40)34-25-27-39(28-26-34)49-43-30-36-20-14-13-19-35(36)29-42(43)48(38-23-11-4-12-24-38)45(49)37-21-9-3-10-22-37/h1-31H. The van der Waals surface area contributed by atoms with Gasteiger partial charge in [-0.3, -0.25) is 0 Å². The van der Waals surface area contributed by atoms with Gasteiger partial charge in [0.25, 0.3) is 0 Å². The Bertz CT molecular complexity index is 2330. The van der Waals surface area contributed by atoms with Crippen LogP contribution in [0.1, 0.15) is 0 Å². The molecule has 0 spiro atoms. The van der Waals surface area contributed by atoms with Crippen LogP contribution in [-0.4, -0.2) is 17.0 Å². The lowest BCUT2D eigenvalue weighted by Gasteiger charge is -2.30. The Morgan fingerprint density at radius 1 is 0.367 bits per heavy atom. The highest BCUT2D eigenvalue weighted by Crippen LogP contribution is 2.48. The minimum absolute atomic E-state index is 0.0939. The second-order valence-corrected chi connectivity index (χ2v) is 12.3. The van der Waals surface area contributed by atoms with Gasteiger partial charge >= 0.3 is 6.98 Å². The van der Waals surface area contributed by atoms with E-state index in [4.69, 9.17) is 9.97 Å². The molecule has 1 aliphatic heterocycles. The van der Waals surface area contributed by atoms with Crippen LogP contribution in [0.25, 0.3) is 44.7 Å². The van der Waals surface area contributed by atoms with Crippen LogP contribution >= 0.6 is 0 Å². The highest BCUT2D eigenvalue weighted by Gasteiger charge is 2.43. The van der Waals surface area contributed by atoms with Gasteiger partial charge in [-0.2, -0.15) is 0 Å². The smallest absolute Gasteiger partial charge is 0.360 e. The quantitative estimate of drug-likeness (QED) is 0.172. The molecule has 0 bridgehead atoms. The number of nitrogens with zero attached hydrogens (tertiary/aromatic N) is 4. The average Bonchev–Trinajstić information content (AvgIpc) is 3.52. The SMILES string of the molecule is c1ccc(B2N(c3ccccc3)c3cc4ccccc4cc3N2c2ccc(-c3nc(-c4ccccc4)cc(-c4ccccc4)n3)cc2)cc1. The van der Waals surface area contributed by atoms with Gasteiger partial charge in [-0.15, -0.1) is 0 Å². The van der Waals surface area contributed by atoms with E-state index in [0.29, 0.717) is 5.82 Å². The van der Waals surface area contributed by atoms with E-state index in [1.54, 1.807) is 0 Å². The number of fused-ring (bicyclic) bond motifs is 2. The van der Waals surface area contributed by atoms with Crippen molar-refractivity contribution in [3.05, 3.63) is 188 Å². The Morgan fingerprint density at radius 2 is 0.796 bits per heavy atom. The summed E-state index contributed by atoms with van der Waals surface area (Å²) in [5.41, 5.74) is 10.7. The first-order valence-corrected chi connectivity index (χ1v) is 16.6. The number of rotatable bonds is 6. The maximum atomic E-state index is 5.08. The Balaban J connectivity index is 1.19. The van der Waals surface area contributed by atoms with Gasteiger partial charge in [0.2, 0.25) is 0 Å². The second kappa shape index (κ2) is 12.3. The van der Waals surface area contributed by atoms with Crippen LogP contribution in [0.3, 0.4) is 0 Å². The van der Waals surface area contributed by atoms with Crippen molar-refractivity contribution in [3.8, 4) is 33.9 Å². The fourth-order valence-corrected chi connectivity index (χ4v) is 6.91. The maximum Gasteiger partial charge on any atom is 0.420 e. The van der Waals surface area contributed by atoms with Crippen molar-refractivity contribution in [2.75, 3.05) is 9.62 Å². The van der Waals surface area contributed by atoms with Gasteiger partial charge in [0.05, 0.1) is 22.8 Å². The summed E-state index contributed by atoms with van der Waals surface area (Å²) in [5.74, 6) is 0.699. The summed E-state index contributed by atoms with van der Waals surface area (Å²) >= 11 is 0. The van der Waals surface area contributed by atoms with Crippen molar-refractivity contribution in [3.63, 3.8) is 0 Å². The van der Waals surface area contributed by atoms with Gasteiger partial charge in [-0.1, -0.05) is 133 Å². The average molecular weight is 627 g/mol. The third-order valence-electron chi connectivity index (χ3n) is 9.25. The molecule has 0 fully saturated rings. The normalized spacial score (nSPS) is 12.4. The highest BCUT2D eigenvalue weighted by molar-refractivity contribution is 6.84. The molecule has 0 atom stereocenters. The van der Waals surface area contributed by atoms with E-state index in [2.05, 4.69) is 161 Å². The van der Waals surface area contributed by atoms with Gasteiger partial charge < -0.3 is 9.62 Å². The Morgan fingerprint density at radius 3 is 1.31 bits per heavy atom. The first-order chi connectivity index (χ1) is 24.3. The first-order valence-electron chi connectivity index (χ1n) is 16.6. The number of benzene rings is 7. The molecule has 7 aromatic carbocycles. The fraction of sp³-hybridized carbons (Fsp3) is 0. The molecule has 5 heteroatoms. The van der Waals surface area contributed by atoms with Crippen LogP contribution < -0.4 is 15.1 Å². The third kappa shape index (κ3) is 5.32. The summed E-state index contributed by atoms with van der Waals surface area (Å²) in [6.07, 6.45) is 0. The molecule has 0 aliphatic carbocycles. The van der Waals surface area contributed by atoms with E-state index in [-0.39, 0.29) is 6.98 Å². The molecule has 9 rings (SSSR count). The van der Waals surface area contributed by atoms with E-state index in [1.165, 1.54) is 21.9 Å². The molecular weight excluding hydrogens is 595 g/mol. The van der Waals surface area contributed by atoms with E-state index in [1.807, 2.05) is 36.4 Å². The Labute approximate surface area is 286 Å². The van der Waals surface area contributed by atoms with Gasteiger partial charge in [0, 0.05) is 28.1 Å². The predicted molar refractivity (Wildman–Crippen MR) is 205 cm³/mol. The topological polar surface area (TPSA) is 32.3 Å².